The Kier molecular flexibility index (Phi) is 8.18. The molecule has 0 saturated carbocycles. The number of hydrogen-bond acceptors (Lipinski definition) is 4. The summed E-state index contributed by atoms with van der Waals surface area (Å²) in [6, 6.07) is 6.21. The summed E-state index contributed by atoms with van der Waals surface area (Å²) in [5.74, 6) is 0. The zero-order chi connectivity index (χ0) is 17.5. The van der Waals surface area contributed by atoms with Crippen molar-refractivity contribution in [2.24, 2.45) is 0 Å². The molecule has 1 aromatic carbocycles. The SMILES string of the molecule is CCOCOC(C)(C)c1ccc(C(C)(C)OCOCC)c(Br)c1. The van der Waals surface area contributed by atoms with Gasteiger partial charge < -0.3 is 18.9 Å². The molecule has 0 aliphatic rings. The standard InChI is InChI=1S/C18H29BrO4/c1-7-20-12-22-17(3,4)14-9-10-15(16(19)11-14)18(5,6)23-13-21-8-2/h9-11H,7-8,12-13H2,1-6H3. The van der Waals surface area contributed by atoms with Gasteiger partial charge in [-0.2, -0.15) is 0 Å². The Labute approximate surface area is 148 Å². The predicted molar refractivity (Wildman–Crippen MR) is 95.4 cm³/mol. The van der Waals surface area contributed by atoms with Crippen LogP contribution in [0.5, 0.6) is 0 Å². The van der Waals surface area contributed by atoms with Crippen LogP contribution in [0.25, 0.3) is 0 Å². The molecule has 0 aliphatic carbocycles. The molecule has 0 radical (unpaired) electrons. The lowest BCUT2D eigenvalue weighted by Gasteiger charge is -2.30. The van der Waals surface area contributed by atoms with E-state index < -0.39 is 11.2 Å². The van der Waals surface area contributed by atoms with Crippen LogP contribution in [0.4, 0.5) is 0 Å². The molecule has 4 nitrogen and oxygen atoms in total. The third kappa shape index (κ3) is 6.16. The molecule has 0 aliphatic heterocycles. The first-order valence-corrected chi connectivity index (χ1v) is 8.77. The van der Waals surface area contributed by atoms with Crippen LogP contribution >= 0.6 is 15.9 Å². The second kappa shape index (κ2) is 9.14. The molecule has 0 atom stereocenters. The number of halogens is 1. The lowest BCUT2D eigenvalue weighted by atomic mass is 9.92. The van der Waals surface area contributed by atoms with Gasteiger partial charge in [-0.3, -0.25) is 0 Å². The summed E-state index contributed by atoms with van der Waals surface area (Å²) < 4.78 is 23.2. The fourth-order valence-corrected chi connectivity index (χ4v) is 2.94. The molecule has 0 unspecified atom stereocenters. The highest BCUT2D eigenvalue weighted by Crippen LogP contribution is 2.35. The molecule has 0 aromatic heterocycles. The van der Waals surface area contributed by atoms with Gasteiger partial charge in [-0.1, -0.05) is 28.1 Å². The monoisotopic (exact) mass is 388 g/mol. The molecule has 132 valence electrons. The van der Waals surface area contributed by atoms with Crippen LogP contribution in [-0.2, 0) is 30.1 Å². The van der Waals surface area contributed by atoms with Crippen molar-refractivity contribution in [3.8, 4) is 0 Å². The molecule has 1 rings (SSSR count). The smallest absolute Gasteiger partial charge is 0.147 e. The van der Waals surface area contributed by atoms with Gasteiger partial charge in [0.2, 0.25) is 0 Å². The summed E-state index contributed by atoms with van der Waals surface area (Å²) >= 11 is 3.66. The van der Waals surface area contributed by atoms with Gasteiger partial charge in [0, 0.05) is 17.7 Å². The van der Waals surface area contributed by atoms with Crippen LogP contribution in [0.2, 0.25) is 0 Å². The highest BCUT2D eigenvalue weighted by atomic mass is 79.9. The summed E-state index contributed by atoms with van der Waals surface area (Å²) in [5, 5.41) is 0. The summed E-state index contributed by atoms with van der Waals surface area (Å²) in [4.78, 5) is 0. The molecule has 0 fully saturated rings. The van der Waals surface area contributed by atoms with E-state index in [9.17, 15) is 0 Å². The molecule has 0 amide bonds. The molecular formula is C18H29BrO4. The van der Waals surface area contributed by atoms with E-state index in [1.807, 2.05) is 41.5 Å². The molecule has 0 N–H and O–H groups in total. The molecule has 0 spiro atoms. The third-order valence-corrected chi connectivity index (χ3v) is 4.38. The van der Waals surface area contributed by atoms with Crippen LogP contribution in [0.1, 0.15) is 52.7 Å². The van der Waals surface area contributed by atoms with Gasteiger partial charge in [-0.25, -0.2) is 0 Å². The van der Waals surface area contributed by atoms with Crippen LogP contribution in [-0.4, -0.2) is 26.8 Å². The molecule has 1 aromatic rings. The first-order chi connectivity index (χ1) is 10.7. The van der Waals surface area contributed by atoms with Crippen molar-refractivity contribution >= 4 is 15.9 Å². The van der Waals surface area contributed by atoms with Crippen molar-refractivity contribution < 1.29 is 18.9 Å². The van der Waals surface area contributed by atoms with Crippen LogP contribution in [0, 0.1) is 0 Å². The Bertz CT molecular complexity index is 486. The zero-order valence-electron chi connectivity index (χ0n) is 15.1. The van der Waals surface area contributed by atoms with Gasteiger partial charge in [-0.15, -0.1) is 0 Å². The maximum absolute atomic E-state index is 5.84. The van der Waals surface area contributed by atoms with Crippen molar-refractivity contribution in [1.82, 2.24) is 0 Å². The Morgan fingerprint density at radius 1 is 0.870 bits per heavy atom. The van der Waals surface area contributed by atoms with Crippen LogP contribution in [0.3, 0.4) is 0 Å². The fourth-order valence-electron chi connectivity index (χ4n) is 2.08. The highest BCUT2D eigenvalue weighted by molar-refractivity contribution is 9.10. The van der Waals surface area contributed by atoms with Gasteiger partial charge in [0.25, 0.3) is 0 Å². The van der Waals surface area contributed by atoms with Gasteiger partial charge in [0.05, 0.1) is 11.2 Å². The van der Waals surface area contributed by atoms with Crippen LogP contribution in [0.15, 0.2) is 22.7 Å². The minimum atomic E-state index is -0.442. The lowest BCUT2D eigenvalue weighted by molar-refractivity contribution is -0.131. The minimum Gasteiger partial charge on any atom is -0.356 e. The Morgan fingerprint density at radius 2 is 1.39 bits per heavy atom. The highest BCUT2D eigenvalue weighted by Gasteiger charge is 2.27. The quantitative estimate of drug-likeness (QED) is 0.420. The summed E-state index contributed by atoms with van der Waals surface area (Å²) in [6.07, 6.45) is 0. The van der Waals surface area contributed by atoms with E-state index in [2.05, 4.69) is 34.1 Å². The van der Waals surface area contributed by atoms with E-state index in [4.69, 9.17) is 18.9 Å². The Hall–Kier alpha value is -0.460. The first kappa shape index (κ1) is 20.6. The van der Waals surface area contributed by atoms with E-state index in [1.54, 1.807) is 0 Å². The molecule has 0 heterocycles. The Morgan fingerprint density at radius 3 is 1.87 bits per heavy atom. The third-order valence-electron chi connectivity index (χ3n) is 3.73. The van der Waals surface area contributed by atoms with Crippen molar-refractivity contribution in [3.63, 3.8) is 0 Å². The second-order valence-electron chi connectivity index (χ2n) is 6.23. The maximum atomic E-state index is 5.84. The Balaban J connectivity index is 2.88. The van der Waals surface area contributed by atoms with Gasteiger partial charge >= 0.3 is 0 Å². The topological polar surface area (TPSA) is 36.9 Å². The average molecular weight is 389 g/mol. The number of rotatable bonds is 10. The molecular weight excluding hydrogens is 360 g/mol. The zero-order valence-corrected chi connectivity index (χ0v) is 16.7. The van der Waals surface area contributed by atoms with Crippen molar-refractivity contribution in [3.05, 3.63) is 33.8 Å². The minimum absolute atomic E-state index is 0.278. The summed E-state index contributed by atoms with van der Waals surface area (Å²) in [5.41, 5.74) is 1.28. The first-order valence-electron chi connectivity index (χ1n) is 7.98. The fraction of sp³-hybridized carbons (Fsp3) is 0.667. The lowest BCUT2D eigenvalue weighted by Crippen LogP contribution is -2.26. The molecule has 0 bridgehead atoms. The molecule has 0 saturated heterocycles. The largest absolute Gasteiger partial charge is 0.356 e. The normalized spacial score (nSPS) is 12.7. The summed E-state index contributed by atoms with van der Waals surface area (Å²) in [7, 11) is 0. The van der Waals surface area contributed by atoms with Crippen LogP contribution < -0.4 is 0 Å². The maximum Gasteiger partial charge on any atom is 0.147 e. The second-order valence-corrected chi connectivity index (χ2v) is 7.08. The molecule has 23 heavy (non-hydrogen) atoms. The van der Waals surface area contributed by atoms with Crippen molar-refractivity contribution in [2.45, 2.75) is 52.7 Å². The van der Waals surface area contributed by atoms with Crippen molar-refractivity contribution in [1.29, 1.82) is 0 Å². The van der Waals surface area contributed by atoms with E-state index in [1.165, 1.54) is 0 Å². The van der Waals surface area contributed by atoms with Gasteiger partial charge in [0.1, 0.15) is 13.6 Å². The summed E-state index contributed by atoms with van der Waals surface area (Å²) in [6.45, 7) is 13.9. The molecule has 5 heteroatoms. The van der Waals surface area contributed by atoms with Gasteiger partial charge in [0.15, 0.2) is 0 Å². The number of hydrogen-bond donors (Lipinski definition) is 0. The van der Waals surface area contributed by atoms with E-state index in [0.717, 1.165) is 15.6 Å². The average Bonchev–Trinajstić information content (AvgIpc) is 2.47. The van der Waals surface area contributed by atoms with E-state index in [-0.39, 0.29) is 13.6 Å². The van der Waals surface area contributed by atoms with E-state index >= 15 is 0 Å². The van der Waals surface area contributed by atoms with E-state index in [0.29, 0.717) is 13.2 Å². The predicted octanol–water partition coefficient (Wildman–Crippen LogP) is 4.94. The number of ether oxygens (including phenoxy) is 4. The van der Waals surface area contributed by atoms with Gasteiger partial charge in [-0.05, 0) is 58.7 Å². The number of benzene rings is 1. The van der Waals surface area contributed by atoms with Crippen molar-refractivity contribution in [2.75, 3.05) is 26.8 Å².